The third-order valence-corrected chi connectivity index (χ3v) is 4.27. The number of benzene rings is 1. The molecule has 0 radical (unpaired) electrons. The van der Waals surface area contributed by atoms with Gasteiger partial charge in [0.1, 0.15) is 0 Å². The van der Waals surface area contributed by atoms with E-state index in [1.54, 1.807) is 0 Å². The van der Waals surface area contributed by atoms with Crippen LogP contribution in [0.5, 0.6) is 0 Å². The van der Waals surface area contributed by atoms with Crippen LogP contribution in [0, 0.1) is 5.41 Å². The molecule has 0 aliphatic heterocycles. The van der Waals surface area contributed by atoms with E-state index < -0.39 is 5.41 Å². The van der Waals surface area contributed by atoms with Crippen molar-refractivity contribution >= 4 is 21.8 Å². The maximum absolute atomic E-state index is 12.0. The lowest BCUT2D eigenvalue weighted by Crippen LogP contribution is -2.47. The Morgan fingerprint density at radius 2 is 2.12 bits per heavy atom. The molecule has 2 rings (SSSR count). The van der Waals surface area contributed by atoms with Gasteiger partial charge in [-0.25, -0.2) is 0 Å². The first-order valence-electron chi connectivity index (χ1n) is 5.80. The molecule has 1 fully saturated rings. The largest absolute Gasteiger partial charge is 0.395 e. The maximum atomic E-state index is 12.0. The number of carbonyl (C=O) groups excluding carboxylic acids is 1. The molecule has 1 aliphatic carbocycles. The van der Waals surface area contributed by atoms with E-state index in [-0.39, 0.29) is 12.5 Å². The van der Waals surface area contributed by atoms with Gasteiger partial charge in [-0.1, -0.05) is 40.5 Å². The smallest absolute Gasteiger partial charge is 0.228 e. The molecular formula is C13H16BrNO2. The molecule has 0 heterocycles. The standard InChI is InChI=1S/C13H16BrNO2/c14-11-5-2-1-4-10(11)8-15-12(17)13(9-16)6-3-7-13/h1-2,4-5,16H,3,6-9H2,(H,15,17). The number of aliphatic hydroxyl groups is 1. The first-order valence-corrected chi connectivity index (χ1v) is 6.60. The summed E-state index contributed by atoms with van der Waals surface area (Å²) in [5.41, 5.74) is 0.537. The molecule has 2 N–H and O–H groups in total. The number of aliphatic hydroxyl groups excluding tert-OH is 1. The van der Waals surface area contributed by atoms with E-state index in [1.807, 2.05) is 24.3 Å². The summed E-state index contributed by atoms with van der Waals surface area (Å²) >= 11 is 3.44. The van der Waals surface area contributed by atoms with Gasteiger partial charge in [0.15, 0.2) is 0 Å². The van der Waals surface area contributed by atoms with Crippen LogP contribution in [-0.4, -0.2) is 17.6 Å². The quantitative estimate of drug-likeness (QED) is 0.895. The molecule has 1 aliphatic rings. The Bertz CT molecular complexity index is 410. The second-order valence-electron chi connectivity index (χ2n) is 4.57. The van der Waals surface area contributed by atoms with Gasteiger partial charge in [-0.3, -0.25) is 4.79 Å². The number of hydrogen-bond acceptors (Lipinski definition) is 2. The highest BCUT2D eigenvalue weighted by Crippen LogP contribution is 2.40. The zero-order chi connectivity index (χ0) is 12.3. The van der Waals surface area contributed by atoms with Gasteiger partial charge >= 0.3 is 0 Å². The minimum Gasteiger partial charge on any atom is -0.395 e. The summed E-state index contributed by atoms with van der Waals surface area (Å²) in [5, 5.41) is 12.2. The fraction of sp³-hybridized carbons (Fsp3) is 0.462. The summed E-state index contributed by atoms with van der Waals surface area (Å²) < 4.78 is 0.993. The Morgan fingerprint density at radius 3 is 2.65 bits per heavy atom. The van der Waals surface area contributed by atoms with Crippen molar-refractivity contribution in [3.8, 4) is 0 Å². The highest BCUT2D eigenvalue weighted by atomic mass is 79.9. The van der Waals surface area contributed by atoms with Crippen molar-refractivity contribution in [2.45, 2.75) is 25.8 Å². The van der Waals surface area contributed by atoms with Crippen LogP contribution in [0.1, 0.15) is 24.8 Å². The lowest BCUT2D eigenvalue weighted by atomic mass is 9.68. The predicted molar refractivity (Wildman–Crippen MR) is 69.4 cm³/mol. The summed E-state index contributed by atoms with van der Waals surface area (Å²) in [7, 11) is 0. The van der Waals surface area contributed by atoms with Gasteiger partial charge in [-0.2, -0.15) is 0 Å². The Kier molecular flexibility index (Phi) is 3.84. The highest BCUT2D eigenvalue weighted by molar-refractivity contribution is 9.10. The Morgan fingerprint density at radius 1 is 1.41 bits per heavy atom. The highest BCUT2D eigenvalue weighted by Gasteiger charge is 2.43. The van der Waals surface area contributed by atoms with Crippen molar-refractivity contribution in [2.24, 2.45) is 5.41 Å². The monoisotopic (exact) mass is 297 g/mol. The molecule has 1 amide bonds. The Labute approximate surface area is 109 Å². The first-order chi connectivity index (χ1) is 8.18. The van der Waals surface area contributed by atoms with Crippen molar-refractivity contribution in [1.82, 2.24) is 5.32 Å². The summed E-state index contributed by atoms with van der Waals surface area (Å²) in [4.78, 5) is 12.0. The van der Waals surface area contributed by atoms with Gasteiger partial charge in [-0.15, -0.1) is 0 Å². The van der Waals surface area contributed by atoms with E-state index in [2.05, 4.69) is 21.2 Å². The van der Waals surface area contributed by atoms with Crippen molar-refractivity contribution < 1.29 is 9.90 Å². The molecule has 1 saturated carbocycles. The van der Waals surface area contributed by atoms with E-state index in [1.165, 1.54) is 0 Å². The third kappa shape index (κ3) is 2.53. The summed E-state index contributed by atoms with van der Waals surface area (Å²) in [5.74, 6) is -0.0259. The van der Waals surface area contributed by atoms with Crippen LogP contribution in [0.15, 0.2) is 28.7 Å². The van der Waals surface area contributed by atoms with Crippen LogP contribution in [0.2, 0.25) is 0 Å². The van der Waals surface area contributed by atoms with Crippen LogP contribution in [0.3, 0.4) is 0 Å². The van der Waals surface area contributed by atoms with E-state index in [0.29, 0.717) is 6.54 Å². The van der Waals surface area contributed by atoms with Crippen LogP contribution < -0.4 is 5.32 Å². The van der Waals surface area contributed by atoms with Crippen molar-refractivity contribution in [1.29, 1.82) is 0 Å². The van der Waals surface area contributed by atoms with E-state index in [9.17, 15) is 9.90 Å². The number of amides is 1. The average Bonchev–Trinajstić information content (AvgIpc) is 2.27. The van der Waals surface area contributed by atoms with Crippen LogP contribution >= 0.6 is 15.9 Å². The van der Waals surface area contributed by atoms with Gasteiger partial charge in [0.2, 0.25) is 5.91 Å². The zero-order valence-corrected chi connectivity index (χ0v) is 11.2. The molecule has 92 valence electrons. The molecule has 0 spiro atoms. The molecule has 0 bridgehead atoms. The normalized spacial score (nSPS) is 17.3. The molecule has 1 aromatic carbocycles. The SMILES string of the molecule is O=C(NCc1ccccc1Br)C1(CO)CCC1. The fourth-order valence-electron chi connectivity index (χ4n) is 2.07. The van der Waals surface area contributed by atoms with Crippen LogP contribution in [0.4, 0.5) is 0 Å². The molecule has 1 aromatic rings. The van der Waals surface area contributed by atoms with E-state index in [0.717, 1.165) is 29.3 Å². The third-order valence-electron chi connectivity index (χ3n) is 3.49. The van der Waals surface area contributed by atoms with Gasteiger partial charge in [0, 0.05) is 11.0 Å². The van der Waals surface area contributed by atoms with Gasteiger partial charge < -0.3 is 10.4 Å². The zero-order valence-electron chi connectivity index (χ0n) is 9.58. The Balaban J connectivity index is 1.95. The van der Waals surface area contributed by atoms with Crippen LogP contribution in [0.25, 0.3) is 0 Å². The van der Waals surface area contributed by atoms with Crippen molar-refractivity contribution in [3.05, 3.63) is 34.3 Å². The topological polar surface area (TPSA) is 49.3 Å². The number of nitrogens with one attached hydrogen (secondary N) is 1. The number of rotatable bonds is 4. The lowest BCUT2D eigenvalue weighted by molar-refractivity contribution is -0.139. The summed E-state index contributed by atoms with van der Waals surface area (Å²) in [6.45, 7) is 0.455. The summed E-state index contributed by atoms with van der Waals surface area (Å²) in [6, 6.07) is 7.80. The predicted octanol–water partition coefficient (Wildman–Crippen LogP) is 2.23. The molecule has 3 nitrogen and oxygen atoms in total. The van der Waals surface area contributed by atoms with Crippen molar-refractivity contribution in [2.75, 3.05) is 6.61 Å². The second kappa shape index (κ2) is 5.19. The fourth-order valence-corrected chi connectivity index (χ4v) is 2.49. The van der Waals surface area contributed by atoms with E-state index >= 15 is 0 Å². The maximum Gasteiger partial charge on any atom is 0.228 e. The molecule has 0 aromatic heterocycles. The molecule has 17 heavy (non-hydrogen) atoms. The van der Waals surface area contributed by atoms with Crippen LogP contribution in [-0.2, 0) is 11.3 Å². The Hall–Kier alpha value is -0.870. The van der Waals surface area contributed by atoms with Gasteiger partial charge in [0.25, 0.3) is 0 Å². The number of carbonyl (C=O) groups is 1. The second-order valence-corrected chi connectivity index (χ2v) is 5.42. The molecule has 0 saturated heterocycles. The molecule has 0 unspecified atom stereocenters. The lowest BCUT2D eigenvalue weighted by Gasteiger charge is -2.38. The van der Waals surface area contributed by atoms with Gasteiger partial charge in [-0.05, 0) is 24.5 Å². The van der Waals surface area contributed by atoms with Gasteiger partial charge in [0.05, 0.1) is 12.0 Å². The minimum atomic E-state index is -0.513. The average molecular weight is 298 g/mol. The van der Waals surface area contributed by atoms with Crippen molar-refractivity contribution in [3.63, 3.8) is 0 Å². The first kappa shape index (κ1) is 12.6. The number of hydrogen-bond donors (Lipinski definition) is 2. The summed E-state index contributed by atoms with van der Waals surface area (Å²) in [6.07, 6.45) is 2.62. The molecule has 0 atom stereocenters. The number of halogens is 1. The molecular weight excluding hydrogens is 282 g/mol. The van der Waals surface area contributed by atoms with E-state index in [4.69, 9.17) is 0 Å². The minimum absolute atomic E-state index is 0.0259. The molecule has 4 heteroatoms.